The van der Waals surface area contributed by atoms with Gasteiger partial charge in [-0.25, -0.2) is 0 Å². The van der Waals surface area contributed by atoms with Gasteiger partial charge in [-0.1, -0.05) is 0 Å². The normalized spacial score (nSPS) is 15.0. The predicted octanol–water partition coefficient (Wildman–Crippen LogP) is 0.640. The van der Waals surface area contributed by atoms with Gasteiger partial charge in [0.2, 0.25) is 0 Å². The molecule has 2 aromatic rings. The van der Waals surface area contributed by atoms with E-state index in [0.29, 0.717) is 17.1 Å². The highest BCUT2D eigenvalue weighted by molar-refractivity contribution is 5.95. The molecule has 1 N–H and O–H groups in total. The Bertz CT molecular complexity index is 713. The number of quaternary nitrogens is 1. The lowest BCUT2D eigenvalue weighted by molar-refractivity contribution is -0.917. The lowest BCUT2D eigenvalue weighted by Crippen LogP contribution is -3.13. The minimum atomic E-state index is 0.0453. The number of nitrogens with zero attached hydrogens (tertiary/aromatic N) is 2. The Balaban J connectivity index is 1.60. The third-order valence-electron chi connectivity index (χ3n) is 4.59. The standard InChI is InChI=1S/C19H23N3O3/c1-24-17-4-3-16(13-18(17)25-2)19(23)22-11-9-21(10-12-22)14-15-5-7-20-8-6-15/h3-8,13H,9-12,14H2,1-2H3/p+1. The number of ether oxygens (including phenoxy) is 2. The topological polar surface area (TPSA) is 56.1 Å². The molecule has 1 saturated heterocycles. The highest BCUT2D eigenvalue weighted by Gasteiger charge is 2.25. The summed E-state index contributed by atoms with van der Waals surface area (Å²) in [5, 5.41) is 0. The summed E-state index contributed by atoms with van der Waals surface area (Å²) in [4.78, 5) is 20.2. The number of aromatic nitrogens is 1. The molecule has 0 aliphatic carbocycles. The molecule has 1 aliphatic heterocycles. The Hall–Kier alpha value is -2.60. The summed E-state index contributed by atoms with van der Waals surface area (Å²) in [6.45, 7) is 4.38. The number of benzene rings is 1. The maximum atomic E-state index is 12.7. The zero-order valence-electron chi connectivity index (χ0n) is 14.7. The van der Waals surface area contributed by atoms with Crippen LogP contribution in [-0.4, -0.2) is 56.2 Å². The van der Waals surface area contributed by atoms with E-state index in [9.17, 15) is 4.79 Å². The molecule has 25 heavy (non-hydrogen) atoms. The van der Waals surface area contributed by atoms with Crippen LogP contribution in [0.15, 0.2) is 42.7 Å². The zero-order chi connectivity index (χ0) is 17.6. The second-order valence-electron chi connectivity index (χ2n) is 6.14. The van der Waals surface area contributed by atoms with Gasteiger partial charge in [0, 0.05) is 23.5 Å². The van der Waals surface area contributed by atoms with Gasteiger partial charge in [0.25, 0.3) is 5.91 Å². The number of piperazine rings is 1. The first-order valence-electron chi connectivity index (χ1n) is 8.45. The first-order chi connectivity index (χ1) is 12.2. The summed E-state index contributed by atoms with van der Waals surface area (Å²) in [6.07, 6.45) is 3.65. The third kappa shape index (κ3) is 4.09. The quantitative estimate of drug-likeness (QED) is 0.866. The van der Waals surface area contributed by atoms with Crippen molar-refractivity contribution in [2.75, 3.05) is 40.4 Å². The van der Waals surface area contributed by atoms with E-state index in [1.54, 1.807) is 32.4 Å². The van der Waals surface area contributed by atoms with Crippen LogP contribution >= 0.6 is 0 Å². The van der Waals surface area contributed by atoms with Crippen molar-refractivity contribution < 1.29 is 19.2 Å². The number of carbonyl (C=O) groups is 1. The molecule has 2 heterocycles. The van der Waals surface area contributed by atoms with Crippen LogP contribution in [0.25, 0.3) is 0 Å². The van der Waals surface area contributed by atoms with Crippen LogP contribution in [0.1, 0.15) is 15.9 Å². The van der Waals surface area contributed by atoms with Crippen molar-refractivity contribution >= 4 is 5.91 Å². The fourth-order valence-corrected chi connectivity index (χ4v) is 3.14. The summed E-state index contributed by atoms with van der Waals surface area (Å²) in [6, 6.07) is 9.41. The van der Waals surface area contributed by atoms with Crippen LogP contribution in [-0.2, 0) is 6.54 Å². The van der Waals surface area contributed by atoms with Crippen LogP contribution in [0.3, 0.4) is 0 Å². The molecule has 132 valence electrons. The van der Waals surface area contributed by atoms with Crippen molar-refractivity contribution in [2.24, 2.45) is 0 Å². The van der Waals surface area contributed by atoms with Gasteiger partial charge in [-0.05, 0) is 30.3 Å². The van der Waals surface area contributed by atoms with Gasteiger partial charge in [-0.3, -0.25) is 9.78 Å². The lowest BCUT2D eigenvalue weighted by Gasteiger charge is -2.32. The summed E-state index contributed by atoms with van der Waals surface area (Å²) >= 11 is 0. The molecule has 1 aromatic heterocycles. The number of pyridine rings is 1. The SMILES string of the molecule is COc1ccc(C(=O)N2CC[NH+](Cc3ccncc3)CC2)cc1OC. The van der Waals surface area contributed by atoms with E-state index >= 15 is 0 Å². The molecular formula is C19H24N3O3+. The maximum Gasteiger partial charge on any atom is 0.254 e. The lowest BCUT2D eigenvalue weighted by atomic mass is 10.1. The van der Waals surface area contributed by atoms with Gasteiger partial charge < -0.3 is 19.3 Å². The molecule has 0 saturated carbocycles. The van der Waals surface area contributed by atoms with Crippen molar-refractivity contribution in [1.29, 1.82) is 0 Å². The minimum absolute atomic E-state index is 0.0453. The highest BCUT2D eigenvalue weighted by Crippen LogP contribution is 2.28. The third-order valence-corrected chi connectivity index (χ3v) is 4.59. The van der Waals surface area contributed by atoms with Gasteiger partial charge >= 0.3 is 0 Å². The number of amides is 1. The Morgan fingerprint density at radius 1 is 1.08 bits per heavy atom. The van der Waals surface area contributed by atoms with Gasteiger partial charge in [0.15, 0.2) is 11.5 Å². The molecule has 1 aliphatic rings. The molecule has 1 amide bonds. The first-order valence-corrected chi connectivity index (χ1v) is 8.45. The largest absolute Gasteiger partial charge is 0.493 e. The van der Waals surface area contributed by atoms with Gasteiger partial charge in [-0.2, -0.15) is 0 Å². The summed E-state index contributed by atoms with van der Waals surface area (Å²) < 4.78 is 10.5. The molecular weight excluding hydrogens is 318 g/mol. The molecule has 6 nitrogen and oxygen atoms in total. The molecule has 0 bridgehead atoms. The molecule has 0 radical (unpaired) electrons. The van der Waals surface area contributed by atoms with E-state index in [0.717, 1.165) is 32.7 Å². The van der Waals surface area contributed by atoms with Crippen molar-refractivity contribution in [1.82, 2.24) is 9.88 Å². The smallest absolute Gasteiger partial charge is 0.254 e. The molecule has 0 atom stereocenters. The molecule has 0 spiro atoms. The van der Waals surface area contributed by atoms with Crippen LogP contribution in [0, 0.1) is 0 Å². The van der Waals surface area contributed by atoms with E-state index in [2.05, 4.69) is 4.98 Å². The molecule has 3 rings (SSSR count). The monoisotopic (exact) mass is 342 g/mol. The van der Waals surface area contributed by atoms with Gasteiger partial charge in [-0.15, -0.1) is 0 Å². The van der Waals surface area contributed by atoms with Crippen molar-refractivity contribution in [3.8, 4) is 11.5 Å². The number of hydrogen-bond acceptors (Lipinski definition) is 4. The number of carbonyl (C=O) groups excluding carboxylic acids is 1. The maximum absolute atomic E-state index is 12.7. The van der Waals surface area contributed by atoms with E-state index in [4.69, 9.17) is 9.47 Å². The number of hydrogen-bond donors (Lipinski definition) is 1. The van der Waals surface area contributed by atoms with Crippen LogP contribution < -0.4 is 14.4 Å². The zero-order valence-corrected chi connectivity index (χ0v) is 14.7. The predicted molar refractivity (Wildman–Crippen MR) is 94.1 cm³/mol. The number of methoxy groups -OCH3 is 2. The average Bonchev–Trinajstić information content (AvgIpc) is 2.68. The fraction of sp³-hybridized carbons (Fsp3) is 0.368. The summed E-state index contributed by atoms with van der Waals surface area (Å²) in [5.41, 5.74) is 1.92. The Morgan fingerprint density at radius 3 is 2.40 bits per heavy atom. The highest BCUT2D eigenvalue weighted by atomic mass is 16.5. The van der Waals surface area contributed by atoms with Crippen molar-refractivity contribution in [3.05, 3.63) is 53.9 Å². The minimum Gasteiger partial charge on any atom is -0.493 e. The van der Waals surface area contributed by atoms with Crippen LogP contribution in [0.4, 0.5) is 0 Å². The molecule has 0 unspecified atom stereocenters. The fourth-order valence-electron chi connectivity index (χ4n) is 3.14. The summed E-state index contributed by atoms with van der Waals surface area (Å²) in [5.74, 6) is 1.25. The van der Waals surface area contributed by atoms with E-state index < -0.39 is 0 Å². The van der Waals surface area contributed by atoms with Crippen LogP contribution in [0.2, 0.25) is 0 Å². The molecule has 1 fully saturated rings. The molecule has 6 heteroatoms. The van der Waals surface area contributed by atoms with Crippen molar-refractivity contribution in [2.45, 2.75) is 6.54 Å². The van der Waals surface area contributed by atoms with Crippen LogP contribution in [0.5, 0.6) is 11.5 Å². The Kier molecular flexibility index (Phi) is 5.50. The second-order valence-corrected chi connectivity index (χ2v) is 6.14. The Morgan fingerprint density at radius 2 is 1.76 bits per heavy atom. The van der Waals surface area contributed by atoms with E-state index in [-0.39, 0.29) is 5.91 Å². The Labute approximate surface area is 148 Å². The van der Waals surface area contributed by atoms with E-state index in [1.807, 2.05) is 29.4 Å². The average molecular weight is 342 g/mol. The molecule has 1 aromatic carbocycles. The first kappa shape index (κ1) is 17.2. The number of rotatable bonds is 5. The van der Waals surface area contributed by atoms with Crippen molar-refractivity contribution in [3.63, 3.8) is 0 Å². The second kappa shape index (κ2) is 7.98. The van der Waals surface area contributed by atoms with Gasteiger partial charge in [0.05, 0.1) is 40.4 Å². The summed E-state index contributed by atoms with van der Waals surface area (Å²) in [7, 11) is 3.16. The van der Waals surface area contributed by atoms with E-state index in [1.165, 1.54) is 10.5 Å². The van der Waals surface area contributed by atoms with Gasteiger partial charge in [0.1, 0.15) is 6.54 Å². The number of nitrogens with one attached hydrogen (secondary N) is 1.